The molecule has 0 aliphatic rings. The molecule has 0 N–H and O–H groups in total. The van der Waals surface area contributed by atoms with E-state index >= 15 is 0 Å². The summed E-state index contributed by atoms with van der Waals surface area (Å²) in [4.78, 5) is 86.8. The second-order valence-electron chi connectivity index (χ2n) is 18.3. The van der Waals surface area contributed by atoms with Crippen LogP contribution in [0.4, 0.5) is 17.1 Å². The van der Waals surface area contributed by atoms with Crippen LogP contribution in [-0.2, 0) is 30.4 Å². The number of nitrogens with zero attached hydrogens (tertiary/aromatic N) is 3. The maximum atomic E-state index is 13.9. The molecule has 82 heavy (non-hydrogen) atoms. The molecule has 0 saturated carbocycles. The van der Waals surface area contributed by atoms with E-state index in [9.17, 15) is 38.9 Å². The number of hydrogen-bond acceptors (Lipinski definition) is 18. The molecular formula is C63H63N3O16. The molecule has 0 amide bonds. The second-order valence-corrected chi connectivity index (χ2v) is 18.3. The Bertz CT molecular complexity index is 3120. The molecule has 0 fully saturated rings. The van der Waals surface area contributed by atoms with Crippen LogP contribution in [-0.4, -0.2) is 67.2 Å². The van der Waals surface area contributed by atoms with Crippen LogP contribution >= 0.6 is 0 Å². The number of carbonyl (C=O) groups excluding carboxylic acids is 6. The summed E-state index contributed by atoms with van der Waals surface area (Å²) in [6.45, 7) is 8.24. The normalized spacial score (nSPS) is 10.7. The minimum absolute atomic E-state index is 0.0536. The van der Waals surface area contributed by atoms with E-state index in [2.05, 4.69) is 23.4 Å². The predicted molar refractivity (Wildman–Crippen MR) is 302 cm³/mol. The Morgan fingerprint density at radius 3 is 1.27 bits per heavy atom. The van der Waals surface area contributed by atoms with Crippen molar-refractivity contribution in [2.75, 3.05) is 26.4 Å². The number of nitro groups is 1. The molecule has 0 heterocycles. The fraction of sp³-hybridized carbons (Fsp3) is 0.270. The Hall–Kier alpha value is -9.78. The van der Waals surface area contributed by atoms with Gasteiger partial charge in [-0.05, 0) is 147 Å². The number of azo groups is 1. The average molecular weight is 1120 g/mol. The highest BCUT2D eigenvalue weighted by molar-refractivity contribution is 6.06. The quantitative estimate of drug-likeness (QED) is 0.00533. The average Bonchev–Trinajstić information content (AvgIpc) is 3.58. The van der Waals surface area contributed by atoms with Crippen LogP contribution in [0.15, 0.2) is 175 Å². The zero-order chi connectivity index (χ0) is 58.3. The molecule has 426 valence electrons. The molecule has 0 bridgehead atoms. The summed E-state index contributed by atoms with van der Waals surface area (Å²) in [5, 5.41) is 19.1. The predicted octanol–water partition coefficient (Wildman–Crippen LogP) is 13.9. The maximum absolute atomic E-state index is 13.9. The van der Waals surface area contributed by atoms with E-state index in [1.54, 1.807) is 72.8 Å². The summed E-state index contributed by atoms with van der Waals surface area (Å²) in [5.41, 5.74) is 0.990. The van der Waals surface area contributed by atoms with Gasteiger partial charge in [0.15, 0.2) is 0 Å². The molecule has 19 nitrogen and oxygen atoms in total. The van der Waals surface area contributed by atoms with Crippen molar-refractivity contribution in [3.05, 3.63) is 203 Å². The van der Waals surface area contributed by atoms with Crippen molar-refractivity contribution < 1.29 is 71.6 Å². The molecule has 0 radical (unpaired) electrons. The maximum Gasteiger partial charge on any atom is 0.344 e. The largest absolute Gasteiger partial charge is 0.494 e. The van der Waals surface area contributed by atoms with Gasteiger partial charge in [0.1, 0.15) is 35.4 Å². The van der Waals surface area contributed by atoms with E-state index in [0.717, 1.165) is 89.2 Å². The van der Waals surface area contributed by atoms with Gasteiger partial charge in [-0.25, -0.2) is 28.8 Å². The van der Waals surface area contributed by atoms with Gasteiger partial charge in [0.25, 0.3) is 5.69 Å². The van der Waals surface area contributed by atoms with E-state index in [1.807, 2.05) is 0 Å². The Morgan fingerprint density at radius 2 is 0.805 bits per heavy atom. The molecule has 0 aromatic heterocycles. The van der Waals surface area contributed by atoms with Crippen LogP contribution in [0.1, 0.15) is 124 Å². The van der Waals surface area contributed by atoms with Crippen LogP contribution in [0.3, 0.4) is 0 Å². The van der Waals surface area contributed by atoms with E-state index in [1.165, 1.54) is 66.7 Å². The number of non-ortho nitro benzene ring substituents is 1. The standard InChI is InChI=1S/C63H63N3O16/c1-3-58(67)77-41-15-11-7-5-9-13-39-75-51-30-34-54(35-31-51)81-61(70)47-21-38-56(63(72)82-55-36-32-52(33-37-55)76-40-14-10-6-8-12-16-42-78-59(68)4-2)57(43-47)62(71)79-44-45-17-28-53(29-18-45)80-60(69)46-19-22-48(23-20-46)64-65-49-24-26-50(27-25-49)66(73)74/h3-4,17-38,43H,1-2,5-16,39-42,44H2. The van der Waals surface area contributed by atoms with Crippen molar-refractivity contribution in [3.8, 4) is 28.7 Å². The lowest BCUT2D eigenvalue weighted by Gasteiger charge is -2.13. The summed E-state index contributed by atoms with van der Waals surface area (Å²) < 4.78 is 44.3. The Balaban J connectivity index is 1.03. The zero-order valence-electron chi connectivity index (χ0n) is 45.2. The van der Waals surface area contributed by atoms with Gasteiger partial charge in [-0.3, -0.25) is 10.1 Å². The number of unbranched alkanes of at least 4 members (excludes halogenated alkanes) is 10. The number of rotatable bonds is 34. The van der Waals surface area contributed by atoms with Crippen molar-refractivity contribution in [1.29, 1.82) is 0 Å². The number of ether oxygens (including phenoxy) is 8. The van der Waals surface area contributed by atoms with Gasteiger partial charge in [0.2, 0.25) is 0 Å². The van der Waals surface area contributed by atoms with E-state index < -0.39 is 40.7 Å². The van der Waals surface area contributed by atoms with Crippen LogP contribution < -0.4 is 23.7 Å². The van der Waals surface area contributed by atoms with Gasteiger partial charge in [-0.2, -0.15) is 10.2 Å². The lowest BCUT2D eigenvalue weighted by molar-refractivity contribution is -0.384. The molecule has 19 heteroatoms. The molecule has 6 rings (SSSR count). The third-order valence-corrected chi connectivity index (χ3v) is 12.1. The van der Waals surface area contributed by atoms with E-state index in [0.29, 0.717) is 54.9 Å². The highest BCUT2D eigenvalue weighted by Crippen LogP contribution is 2.26. The van der Waals surface area contributed by atoms with Crippen LogP contribution in [0.2, 0.25) is 0 Å². The number of hydrogen-bond donors (Lipinski definition) is 0. The first-order valence-corrected chi connectivity index (χ1v) is 26.7. The summed E-state index contributed by atoms with van der Waals surface area (Å²) >= 11 is 0. The van der Waals surface area contributed by atoms with Gasteiger partial charge in [0, 0.05) is 24.3 Å². The summed E-state index contributed by atoms with van der Waals surface area (Å²) in [5.74, 6) is -2.40. The first-order valence-electron chi connectivity index (χ1n) is 26.7. The topological polar surface area (TPSA) is 244 Å². The molecule has 6 aromatic carbocycles. The molecule has 0 unspecified atom stereocenters. The molecule has 0 atom stereocenters. The SMILES string of the molecule is C=CC(=O)OCCCCCCCCOc1ccc(OC(=O)c2ccc(C(=O)Oc3ccc(OCCCCCCCCOC(=O)C=C)cc3)c(C(=O)OCc3ccc(OC(=O)c4ccc(N=Nc5ccc([N+](=O)[O-])cc5)cc4)cc3)c2)cc1. The van der Waals surface area contributed by atoms with Crippen molar-refractivity contribution in [3.63, 3.8) is 0 Å². The number of benzene rings is 6. The minimum Gasteiger partial charge on any atom is -0.494 e. The molecule has 6 aromatic rings. The van der Waals surface area contributed by atoms with Crippen molar-refractivity contribution in [2.45, 2.75) is 83.7 Å². The van der Waals surface area contributed by atoms with Crippen molar-refractivity contribution >= 4 is 52.9 Å². The number of nitro benzene ring substituents is 1. The Labute approximate surface area is 474 Å². The lowest BCUT2D eigenvalue weighted by Crippen LogP contribution is -2.18. The third kappa shape index (κ3) is 21.5. The number of esters is 6. The first kappa shape index (κ1) is 61.4. The summed E-state index contributed by atoms with van der Waals surface area (Å²) in [6, 6.07) is 34.7. The zero-order valence-corrected chi connectivity index (χ0v) is 45.2. The van der Waals surface area contributed by atoms with Gasteiger partial charge in [-0.15, -0.1) is 0 Å². The number of carbonyl (C=O) groups is 6. The highest BCUT2D eigenvalue weighted by atomic mass is 16.6. The smallest absolute Gasteiger partial charge is 0.344 e. The van der Waals surface area contributed by atoms with Gasteiger partial charge >= 0.3 is 35.8 Å². The van der Waals surface area contributed by atoms with Crippen molar-refractivity contribution in [2.24, 2.45) is 10.2 Å². The van der Waals surface area contributed by atoms with Crippen LogP contribution in [0, 0.1) is 10.1 Å². The van der Waals surface area contributed by atoms with E-state index in [4.69, 9.17) is 37.9 Å². The molecule has 0 aliphatic heterocycles. The monoisotopic (exact) mass is 1120 g/mol. The van der Waals surface area contributed by atoms with Crippen molar-refractivity contribution in [1.82, 2.24) is 0 Å². The molecular weight excluding hydrogens is 1050 g/mol. The summed E-state index contributed by atoms with van der Waals surface area (Å²) in [7, 11) is 0. The van der Waals surface area contributed by atoms with Gasteiger partial charge in [-0.1, -0.05) is 76.7 Å². The Morgan fingerprint density at radius 1 is 0.415 bits per heavy atom. The Kier molecular flexibility index (Phi) is 25.2. The third-order valence-electron chi connectivity index (χ3n) is 12.1. The fourth-order valence-corrected chi connectivity index (χ4v) is 7.69. The first-order chi connectivity index (χ1) is 39.9. The van der Waals surface area contributed by atoms with Gasteiger partial charge < -0.3 is 37.9 Å². The minimum atomic E-state index is -0.946. The second kappa shape index (κ2) is 33.6. The van der Waals surface area contributed by atoms with E-state index in [-0.39, 0.29) is 51.8 Å². The van der Waals surface area contributed by atoms with Gasteiger partial charge in [0.05, 0.1) is 65.0 Å². The molecule has 0 spiro atoms. The lowest BCUT2D eigenvalue weighted by atomic mass is 10.0. The van der Waals surface area contributed by atoms with Crippen LogP contribution in [0.5, 0.6) is 28.7 Å². The molecule has 0 saturated heterocycles. The highest BCUT2D eigenvalue weighted by Gasteiger charge is 2.24. The summed E-state index contributed by atoms with van der Waals surface area (Å²) in [6.07, 6.45) is 13.5. The molecule has 0 aliphatic carbocycles. The fourth-order valence-electron chi connectivity index (χ4n) is 7.69. The van der Waals surface area contributed by atoms with Crippen LogP contribution in [0.25, 0.3) is 0 Å².